The standard InChI is InChI=1S/C81H92N4O18S2/c1-6-8-33-98-35-17-31-84(81(92)54-19-11-10-12-20-54)46-57-37-51(3)39-63(76(57)100-48-70(86)87)65-41-53(5)42-66(78(65)102-50-72(90)91)64-40-52(4)38-58(77(64)101-49-71(88)89)47-85(32-18-36-99-34-9-7-2)104(93,94)59-25-26-60(69(45-59)105(95,96)97)73-67-43-55-21-13-27-82-29-15-23-61(74(55)82)79(67)103-80-62-24-16-30-83-28-14-22-56(75(62)83)44-68(73)80/h10-12,19-20,25-26,37-45H,6-9,13-18,21-24,27-36,46-50H2,1-5H3,(H3-,86,87,88,89,90,91,95,96,97). The van der Waals surface area contributed by atoms with Crippen LogP contribution in [0.2, 0.25) is 0 Å². The van der Waals surface area contributed by atoms with Crippen LogP contribution in [-0.4, -0.2) is 155 Å². The van der Waals surface area contributed by atoms with E-state index in [1.165, 1.54) is 12.1 Å². The highest BCUT2D eigenvalue weighted by Crippen LogP contribution is 2.51. The van der Waals surface area contributed by atoms with Crippen molar-refractivity contribution in [3.8, 4) is 51.0 Å². The van der Waals surface area contributed by atoms with E-state index >= 15 is 8.42 Å². The molecule has 22 nitrogen and oxygen atoms in total. The summed E-state index contributed by atoms with van der Waals surface area (Å²) in [4.78, 5) is 55.3. The Morgan fingerprint density at radius 1 is 0.562 bits per heavy atom. The highest BCUT2D eigenvalue weighted by molar-refractivity contribution is 7.89. The van der Waals surface area contributed by atoms with Gasteiger partial charge in [-0.05, 0) is 168 Å². The molecule has 0 radical (unpaired) electrons. The van der Waals surface area contributed by atoms with Gasteiger partial charge >= 0.3 is 17.9 Å². The average Bonchev–Trinajstić information content (AvgIpc) is 0.709. The minimum atomic E-state index is -5.50. The molecule has 3 N–H and O–H groups in total. The number of hydrogen-bond acceptors (Lipinski definition) is 16. The normalized spacial score (nSPS) is 14.4. The van der Waals surface area contributed by atoms with Crippen molar-refractivity contribution < 1.29 is 84.3 Å². The molecule has 7 aromatic carbocycles. The van der Waals surface area contributed by atoms with Gasteiger partial charge in [-0.25, -0.2) is 35.8 Å². The monoisotopic (exact) mass is 1470 g/mol. The molecule has 556 valence electrons. The minimum Gasteiger partial charge on any atom is -0.744 e. The van der Waals surface area contributed by atoms with Crippen molar-refractivity contribution in [1.82, 2.24) is 13.8 Å². The number of nitrogens with zero attached hydrogens (tertiary/aromatic N) is 4. The van der Waals surface area contributed by atoms with Crippen molar-refractivity contribution in [2.45, 2.75) is 147 Å². The van der Waals surface area contributed by atoms with Crippen LogP contribution in [-0.2, 0) is 82.8 Å². The van der Waals surface area contributed by atoms with Crippen LogP contribution in [0, 0.1) is 20.8 Å². The number of benzene rings is 7. The summed E-state index contributed by atoms with van der Waals surface area (Å²) in [5.74, 6) is -3.37. The van der Waals surface area contributed by atoms with E-state index in [0.717, 1.165) is 147 Å². The number of hydrogen-bond donors (Lipinski definition) is 3. The second-order valence-electron chi connectivity index (χ2n) is 27.9. The molecule has 5 aliphatic rings. The number of amides is 1. The first-order chi connectivity index (χ1) is 50.5. The summed E-state index contributed by atoms with van der Waals surface area (Å²) < 4.78 is 117. The quantitative estimate of drug-likeness (QED) is 0.0192. The second-order valence-corrected chi connectivity index (χ2v) is 31.2. The molecule has 0 saturated heterocycles. The van der Waals surface area contributed by atoms with Crippen molar-refractivity contribution in [2.75, 3.05) is 90.4 Å². The fourth-order valence-electron chi connectivity index (χ4n) is 15.5. The lowest BCUT2D eigenvalue weighted by atomic mass is 9.82. The number of carboxylic acid groups (broad SMARTS) is 3. The zero-order valence-electron chi connectivity index (χ0n) is 60.3. The van der Waals surface area contributed by atoms with Gasteiger partial charge in [-0.2, -0.15) is 4.31 Å². The Hall–Kier alpha value is -9.17. The molecular formula is C81H92N4O18S2. The first-order valence-corrected chi connectivity index (χ1v) is 39.4. The van der Waals surface area contributed by atoms with Crippen LogP contribution < -0.4 is 39.0 Å². The molecule has 0 aromatic heterocycles. The largest absolute Gasteiger partial charge is 0.744 e. The van der Waals surface area contributed by atoms with Crippen molar-refractivity contribution in [2.24, 2.45) is 0 Å². The number of sulfonamides is 1. The van der Waals surface area contributed by atoms with E-state index in [1.54, 1.807) is 92.4 Å². The fraction of sp³-hybridized carbons (Fsp3) is 0.420. The van der Waals surface area contributed by atoms with E-state index in [-0.39, 0.29) is 89.2 Å². The summed E-state index contributed by atoms with van der Waals surface area (Å²) in [6.07, 6.45) is 10.5. The maximum absolute atomic E-state index is 16.0. The third-order valence-electron chi connectivity index (χ3n) is 20.0. The molecule has 0 aliphatic carbocycles. The molecule has 12 rings (SSSR count). The summed E-state index contributed by atoms with van der Waals surface area (Å²) in [5.41, 5.74) is 9.87. The zero-order valence-corrected chi connectivity index (χ0v) is 61.9. The van der Waals surface area contributed by atoms with E-state index < -0.39 is 74.2 Å². The SMILES string of the molecule is CCCCOCCCN(Cc1cc(C)cc(-c2cc(C)cc(-c3cc(C)cc(CN(CCCOCCCC)S(=O)(=O)c4ccc(C5=c6cc7c8c(c6Oc6c5cc5c9c6CCCN9CCC5)CCC[N+]=8CCC7)c(S(=O)(=O)[O-])c4)c3OCC(=O)O)c2OCC(=O)O)c1OCC(=O)O)C(=O)c1ccccc1. The van der Waals surface area contributed by atoms with Crippen LogP contribution >= 0.6 is 0 Å². The Balaban J connectivity index is 1.00. The summed E-state index contributed by atoms with van der Waals surface area (Å²) in [6.45, 7) is 11.0. The molecule has 0 spiro atoms. The molecule has 105 heavy (non-hydrogen) atoms. The number of carbonyl (C=O) groups is 4. The minimum absolute atomic E-state index is 0.0321. The Morgan fingerprint density at radius 3 is 1.70 bits per heavy atom. The number of anilines is 1. The van der Waals surface area contributed by atoms with Crippen LogP contribution in [0.1, 0.15) is 150 Å². The third kappa shape index (κ3) is 16.8. The van der Waals surface area contributed by atoms with Crippen molar-refractivity contribution in [3.05, 3.63) is 174 Å². The van der Waals surface area contributed by atoms with Gasteiger partial charge in [0.25, 0.3) is 5.91 Å². The molecule has 5 aliphatic heterocycles. The second kappa shape index (κ2) is 33.1. The Kier molecular flexibility index (Phi) is 23.8. The number of aliphatic carboxylic acids is 3. The predicted molar refractivity (Wildman–Crippen MR) is 395 cm³/mol. The Morgan fingerprint density at radius 2 is 1.10 bits per heavy atom. The van der Waals surface area contributed by atoms with Crippen LogP contribution in [0.4, 0.5) is 5.69 Å². The molecule has 0 saturated carbocycles. The predicted octanol–water partition coefficient (Wildman–Crippen LogP) is 10.9. The average molecular weight is 1470 g/mol. The summed E-state index contributed by atoms with van der Waals surface area (Å²) >= 11 is 0. The smallest absolute Gasteiger partial charge is 0.341 e. The number of ether oxygens (including phenoxy) is 6. The number of rotatable bonds is 34. The van der Waals surface area contributed by atoms with Gasteiger partial charge in [0.1, 0.15) is 52.0 Å². The number of unbranched alkanes of at least 4 members (excludes halogenated alkanes) is 2. The molecular weight excluding hydrogens is 1380 g/mol. The Labute approximate surface area is 613 Å². The van der Waals surface area contributed by atoms with E-state index in [2.05, 4.69) is 28.5 Å². The molecule has 24 heteroatoms. The van der Waals surface area contributed by atoms with E-state index in [9.17, 15) is 47.5 Å². The van der Waals surface area contributed by atoms with Gasteiger partial charge in [0.15, 0.2) is 19.8 Å². The van der Waals surface area contributed by atoms with Gasteiger partial charge in [0.05, 0.1) is 15.4 Å². The van der Waals surface area contributed by atoms with E-state index in [4.69, 9.17) is 28.4 Å². The van der Waals surface area contributed by atoms with Crippen LogP contribution in [0.5, 0.6) is 28.7 Å². The van der Waals surface area contributed by atoms with Crippen molar-refractivity contribution >= 4 is 55.2 Å². The van der Waals surface area contributed by atoms with Crippen molar-refractivity contribution in [3.63, 3.8) is 0 Å². The van der Waals surface area contributed by atoms with E-state index in [1.807, 2.05) is 6.92 Å². The van der Waals surface area contributed by atoms with Gasteiger partial charge < -0.3 is 58.1 Å². The molecule has 0 fully saturated rings. The van der Waals surface area contributed by atoms with Crippen molar-refractivity contribution in [1.29, 1.82) is 0 Å². The highest BCUT2D eigenvalue weighted by Gasteiger charge is 2.38. The number of carbonyl (C=O) groups excluding carboxylic acids is 1. The van der Waals surface area contributed by atoms with Crippen LogP contribution in [0.15, 0.2) is 107 Å². The maximum Gasteiger partial charge on any atom is 0.341 e. The topological polar surface area (TPSA) is 288 Å². The van der Waals surface area contributed by atoms with Crippen LogP contribution in [0.3, 0.4) is 0 Å². The highest BCUT2D eigenvalue weighted by atomic mass is 32.2. The van der Waals surface area contributed by atoms with Gasteiger partial charge in [-0.15, -0.1) is 0 Å². The third-order valence-corrected chi connectivity index (χ3v) is 22.7. The molecule has 0 unspecified atom stereocenters. The number of aryl methyl sites for hydroxylation is 5. The van der Waals surface area contributed by atoms with Gasteiger partial charge in [0, 0.05) is 156 Å². The first-order valence-electron chi connectivity index (χ1n) is 36.5. The lowest BCUT2D eigenvalue weighted by molar-refractivity contribution is -0.140. The zero-order chi connectivity index (χ0) is 74.3. The van der Waals surface area contributed by atoms with Gasteiger partial charge in [-0.3, -0.25) is 4.79 Å². The summed E-state index contributed by atoms with van der Waals surface area (Å²) in [5, 5.41) is 32.8. The summed E-state index contributed by atoms with van der Waals surface area (Å²) in [7, 11) is -10.4. The van der Waals surface area contributed by atoms with Crippen LogP contribution in [0.25, 0.3) is 27.8 Å². The lowest BCUT2D eigenvalue weighted by Gasteiger charge is -2.39. The maximum atomic E-state index is 16.0. The number of fused-ring (bicyclic) bond motifs is 4. The molecule has 1 amide bonds. The molecule has 0 atom stereocenters. The number of carboxylic acids is 3. The first kappa shape index (κ1) is 75.5. The lowest BCUT2D eigenvalue weighted by Crippen LogP contribution is -2.45. The molecule has 5 heterocycles. The summed E-state index contributed by atoms with van der Waals surface area (Å²) in [6, 6.07) is 26.7. The fourth-order valence-corrected chi connectivity index (χ4v) is 17.8. The van der Waals surface area contributed by atoms with Gasteiger partial charge in [0.2, 0.25) is 15.4 Å². The Bertz CT molecular complexity index is 4880. The molecule has 7 aromatic rings. The molecule has 0 bridgehead atoms. The van der Waals surface area contributed by atoms with E-state index in [0.29, 0.717) is 81.9 Å². The van der Waals surface area contributed by atoms with Gasteiger partial charge in [-0.1, -0.05) is 63.1 Å².